The Morgan fingerprint density at radius 3 is 2.58 bits per heavy atom. The summed E-state index contributed by atoms with van der Waals surface area (Å²) in [5.41, 5.74) is 0.981. The molecule has 134 valence electrons. The number of anilines is 1. The number of para-hydroxylation sites is 1. The van der Waals surface area contributed by atoms with Crippen molar-refractivity contribution in [2.24, 2.45) is 0 Å². The van der Waals surface area contributed by atoms with Gasteiger partial charge in [-0.05, 0) is 31.2 Å². The Morgan fingerprint density at radius 2 is 1.92 bits per heavy atom. The van der Waals surface area contributed by atoms with Gasteiger partial charge in [0.1, 0.15) is 17.3 Å². The van der Waals surface area contributed by atoms with Gasteiger partial charge in [0, 0.05) is 26.0 Å². The number of amides is 2. The maximum atomic E-state index is 12.4. The fourth-order valence-corrected chi connectivity index (χ4v) is 2.54. The van der Waals surface area contributed by atoms with E-state index in [0.29, 0.717) is 18.8 Å². The third kappa shape index (κ3) is 4.18. The van der Waals surface area contributed by atoms with Crippen LogP contribution in [0.4, 0.5) is 5.82 Å². The standard InChI is InChI=1S/C19H20N4O3/c1-13-8-9-16(26-13)10-11-20-19(25)17-12-18(21-14(2)24)23(22-17)15-6-4-3-5-7-15/h3-9,12H,10-11H2,1-2H3,(H,20,25)(H,21,24). The molecular formula is C19H20N4O3. The van der Waals surface area contributed by atoms with Gasteiger partial charge in [-0.25, -0.2) is 4.68 Å². The normalized spacial score (nSPS) is 10.5. The minimum Gasteiger partial charge on any atom is -0.466 e. The molecule has 3 rings (SSSR count). The molecule has 7 heteroatoms. The van der Waals surface area contributed by atoms with E-state index in [9.17, 15) is 9.59 Å². The predicted octanol–water partition coefficient (Wildman–Crippen LogP) is 2.70. The van der Waals surface area contributed by atoms with Crippen LogP contribution in [0.2, 0.25) is 0 Å². The number of nitrogens with one attached hydrogen (secondary N) is 2. The van der Waals surface area contributed by atoms with E-state index in [0.717, 1.165) is 17.2 Å². The van der Waals surface area contributed by atoms with E-state index in [1.807, 2.05) is 49.4 Å². The van der Waals surface area contributed by atoms with Gasteiger partial charge in [-0.2, -0.15) is 5.10 Å². The number of hydrogen-bond donors (Lipinski definition) is 2. The van der Waals surface area contributed by atoms with Crippen molar-refractivity contribution in [3.05, 3.63) is 65.7 Å². The number of carbonyl (C=O) groups excluding carboxylic acids is 2. The van der Waals surface area contributed by atoms with Gasteiger partial charge in [0.15, 0.2) is 5.69 Å². The van der Waals surface area contributed by atoms with Crippen LogP contribution >= 0.6 is 0 Å². The number of aromatic nitrogens is 2. The monoisotopic (exact) mass is 352 g/mol. The molecule has 0 radical (unpaired) electrons. The summed E-state index contributed by atoms with van der Waals surface area (Å²) in [7, 11) is 0. The molecule has 0 atom stereocenters. The molecule has 0 saturated heterocycles. The third-order valence-electron chi connectivity index (χ3n) is 3.70. The molecule has 2 amide bonds. The lowest BCUT2D eigenvalue weighted by Gasteiger charge is -2.06. The molecule has 0 aliphatic heterocycles. The maximum Gasteiger partial charge on any atom is 0.271 e. The van der Waals surface area contributed by atoms with Crippen LogP contribution in [-0.2, 0) is 11.2 Å². The van der Waals surface area contributed by atoms with Crippen LogP contribution in [0.3, 0.4) is 0 Å². The van der Waals surface area contributed by atoms with E-state index in [1.165, 1.54) is 11.6 Å². The molecule has 7 nitrogen and oxygen atoms in total. The Hall–Kier alpha value is -3.35. The number of aryl methyl sites for hydroxylation is 1. The Bertz CT molecular complexity index is 912. The second-order valence-corrected chi connectivity index (χ2v) is 5.86. The summed E-state index contributed by atoms with van der Waals surface area (Å²) < 4.78 is 7.01. The van der Waals surface area contributed by atoms with E-state index >= 15 is 0 Å². The predicted molar refractivity (Wildman–Crippen MR) is 97.3 cm³/mol. The highest BCUT2D eigenvalue weighted by Crippen LogP contribution is 2.17. The van der Waals surface area contributed by atoms with E-state index in [-0.39, 0.29) is 17.5 Å². The molecule has 0 bridgehead atoms. The molecular weight excluding hydrogens is 332 g/mol. The lowest BCUT2D eigenvalue weighted by molar-refractivity contribution is -0.114. The number of rotatable bonds is 6. The minimum atomic E-state index is -0.311. The molecule has 0 aliphatic rings. The van der Waals surface area contributed by atoms with Crippen molar-refractivity contribution in [2.75, 3.05) is 11.9 Å². The first-order chi connectivity index (χ1) is 12.5. The zero-order chi connectivity index (χ0) is 18.5. The molecule has 0 spiro atoms. The first-order valence-electron chi connectivity index (χ1n) is 8.29. The molecule has 2 N–H and O–H groups in total. The highest BCUT2D eigenvalue weighted by Gasteiger charge is 2.16. The molecule has 3 aromatic rings. The summed E-state index contributed by atoms with van der Waals surface area (Å²) in [6, 6.07) is 14.6. The van der Waals surface area contributed by atoms with Crippen molar-refractivity contribution in [3.63, 3.8) is 0 Å². The van der Waals surface area contributed by atoms with Crippen molar-refractivity contribution in [1.82, 2.24) is 15.1 Å². The van der Waals surface area contributed by atoms with Gasteiger partial charge in [-0.3, -0.25) is 9.59 Å². The third-order valence-corrected chi connectivity index (χ3v) is 3.70. The minimum absolute atomic E-state index is 0.230. The average molecular weight is 352 g/mol. The zero-order valence-corrected chi connectivity index (χ0v) is 14.7. The number of carbonyl (C=O) groups is 2. The van der Waals surface area contributed by atoms with Crippen LogP contribution in [0.5, 0.6) is 0 Å². The second-order valence-electron chi connectivity index (χ2n) is 5.86. The number of hydrogen-bond acceptors (Lipinski definition) is 4. The summed E-state index contributed by atoms with van der Waals surface area (Å²) in [5.74, 6) is 1.55. The Balaban J connectivity index is 1.73. The van der Waals surface area contributed by atoms with Crippen LogP contribution in [0.25, 0.3) is 5.69 Å². The van der Waals surface area contributed by atoms with Gasteiger partial charge in [-0.15, -0.1) is 0 Å². The lowest BCUT2D eigenvalue weighted by atomic mass is 10.3. The molecule has 1 aromatic carbocycles. The van der Waals surface area contributed by atoms with Crippen molar-refractivity contribution in [1.29, 1.82) is 0 Å². The van der Waals surface area contributed by atoms with Crippen LogP contribution in [0.1, 0.15) is 28.9 Å². The van der Waals surface area contributed by atoms with E-state index in [2.05, 4.69) is 15.7 Å². The first kappa shape index (κ1) is 17.5. The molecule has 0 fully saturated rings. The lowest BCUT2D eigenvalue weighted by Crippen LogP contribution is -2.26. The van der Waals surface area contributed by atoms with E-state index in [4.69, 9.17) is 4.42 Å². The van der Waals surface area contributed by atoms with E-state index < -0.39 is 0 Å². The van der Waals surface area contributed by atoms with Gasteiger partial charge < -0.3 is 15.1 Å². The fraction of sp³-hybridized carbons (Fsp3) is 0.211. The zero-order valence-electron chi connectivity index (χ0n) is 14.7. The largest absolute Gasteiger partial charge is 0.466 e. The highest BCUT2D eigenvalue weighted by molar-refractivity contribution is 5.95. The van der Waals surface area contributed by atoms with Crippen LogP contribution in [-0.4, -0.2) is 28.1 Å². The summed E-state index contributed by atoms with van der Waals surface area (Å²) in [6.45, 7) is 3.72. The summed E-state index contributed by atoms with van der Waals surface area (Å²) in [4.78, 5) is 23.8. The molecule has 0 saturated carbocycles. The smallest absolute Gasteiger partial charge is 0.271 e. The average Bonchev–Trinajstić information content (AvgIpc) is 3.21. The van der Waals surface area contributed by atoms with E-state index in [1.54, 1.807) is 6.07 Å². The topological polar surface area (TPSA) is 89.2 Å². The van der Waals surface area contributed by atoms with Crippen LogP contribution in [0, 0.1) is 6.92 Å². The van der Waals surface area contributed by atoms with Crippen LogP contribution in [0.15, 0.2) is 52.9 Å². The van der Waals surface area contributed by atoms with Gasteiger partial charge in [0.05, 0.1) is 5.69 Å². The number of benzene rings is 1. The number of nitrogens with zero attached hydrogens (tertiary/aromatic N) is 2. The second kappa shape index (κ2) is 7.69. The van der Waals surface area contributed by atoms with Gasteiger partial charge in [0.2, 0.25) is 5.91 Å². The van der Waals surface area contributed by atoms with Crippen molar-refractivity contribution in [2.45, 2.75) is 20.3 Å². The Morgan fingerprint density at radius 1 is 1.15 bits per heavy atom. The maximum absolute atomic E-state index is 12.4. The van der Waals surface area contributed by atoms with Crippen LogP contribution < -0.4 is 10.6 Å². The quantitative estimate of drug-likeness (QED) is 0.714. The first-order valence-corrected chi connectivity index (χ1v) is 8.29. The summed E-state index contributed by atoms with van der Waals surface area (Å²) in [6.07, 6.45) is 0.595. The molecule has 2 aromatic heterocycles. The van der Waals surface area contributed by atoms with Gasteiger partial charge >= 0.3 is 0 Å². The summed E-state index contributed by atoms with van der Waals surface area (Å²) >= 11 is 0. The Labute approximate surface area is 151 Å². The fourth-order valence-electron chi connectivity index (χ4n) is 2.54. The molecule has 0 aliphatic carbocycles. The SMILES string of the molecule is CC(=O)Nc1cc(C(=O)NCCc2ccc(C)o2)nn1-c1ccccc1. The Kier molecular flexibility index (Phi) is 5.17. The highest BCUT2D eigenvalue weighted by atomic mass is 16.3. The summed E-state index contributed by atoms with van der Waals surface area (Å²) in [5, 5.41) is 9.84. The molecule has 26 heavy (non-hydrogen) atoms. The van der Waals surface area contributed by atoms with Crippen molar-refractivity contribution < 1.29 is 14.0 Å². The van der Waals surface area contributed by atoms with Crippen molar-refractivity contribution in [3.8, 4) is 5.69 Å². The number of furan rings is 1. The van der Waals surface area contributed by atoms with Crippen molar-refractivity contribution >= 4 is 17.6 Å². The van der Waals surface area contributed by atoms with Gasteiger partial charge in [0.25, 0.3) is 5.91 Å². The van der Waals surface area contributed by atoms with Gasteiger partial charge in [-0.1, -0.05) is 18.2 Å². The molecule has 0 unspecified atom stereocenters. The molecule has 2 heterocycles.